The Morgan fingerprint density at radius 2 is 1.87 bits per heavy atom. The Morgan fingerprint density at radius 1 is 1.13 bits per heavy atom. The fourth-order valence-electron chi connectivity index (χ4n) is 2.04. The van der Waals surface area contributed by atoms with E-state index in [1.165, 1.54) is 23.9 Å². The molecule has 0 aliphatic carbocycles. The van der Waals surface area contributed by atoms with Gasteiger partial charge in [0, 0.05) is 10.5 Å². The van der Waals surface area contributed by atoms with Crippen molar-refractivity contribution in [3.05, 3.63) is 54.1 Å². The number of nitrogens with one attached hydrogen (secondary N) is 1. The smallest absolute Gasteiger partial charge is 0.288 e. The molecule has 0 fully saturated rings. The van der Waals surface area contributed by atoms with Crippen molar-refractivity contribution in [3.63, 3.8) is 0 Å². The quantitative estimate of drug-likeness (QED) is 0.510. The number of rotatable bonds is 6. The van der Waals surface area contributed by atoms with E-state index in [0.717, 1.165) is 11.0 Å². The number of benzene rings is 2. The number of fused-ring (bicyclic) bond motifs is 1. The van der Waals surface area contributed by atoms with Crippen molar-refractivity contribution >= 4 is 40.3 Å². The number of para-hydroxylation sites is 2. The molecule has 1 heterocycles. The summed E-state index contributed by atoms with van der Waals surface area (Å²) in [5, 5.41) is 0.685. The minimum Gasteiger partial charge on any atom is -0.333 e. The SMILES string of the molecule is O=C(CSc1nc2ccccc2[nH]1)c1ccc(SC(F)F)cc1. The number of Topliss-reactive ketones (excluding diaryl/α,β-unsaturated/α-hetero) is 1. The molecule has 23 heavy (non-hydrogen) atoms. The van der Waals surface area contributed by atoms with Gasteiger partial charge in [0.2, 0.25) is 0 Å². The molecule has 1 aromatic heterocycles. The summed E-state index contributed by atoms with van der Waals surface area (Å²) < 4.78 is 24.5. The molecule has 0 atom stereocenters. The first kappa shape index (κ1) is 16.0. The fourth-order valence-corrected chi connectivity index (χ4v) is 3.32. The highest BCUT2D eigenvalue weighted by molar-refractivity contribution is 8.00. The topological polar surface area (TPSA) is 45.8 Å². The van der Waals surface area contributed by atoms with Gasteiger partial charge >= 0.3 is 0 Å². The molecule has 3 rings (SSSR count). The number of imidazole rings is 1. The number of alkyl halides is 2. The van der Waals surface area contributed by atoms with Crippen LogP contribution in [0.3, 0.4) is 0 Å². The van der Waals surface area contributed by atoms with Crippen molar-refractivity contribution in [2.24, 2.45) is 0 Å². The van der Waals surface area contributed by atoms with E-state index in [4.69, 9.17) is 0 Å². The van der Waals surface area contributed by atoms with Crippen LogP contribution >= 0.6 is 23.5 Å². The van der Waals surface area contributed by atoms with Crippen molar-refractivity contribution < 1.29 is 13.6 Å². The third-order valence-electron chi connectivity index (χ3n) is 3.11. The normalized spacial score (nSPS) is 11.3. The van der Waals surface area contributed by atoms with Gasteiger partial charge in [0.25, 0.3) is 5.76 Å². The largest absolute Gasteiger partial charge is 0.333 e. The summed E-state index contributed by atoms with van der Waals surface area (Å²) in [5.74, 6) is -2.29. The third-order valence-corrected chi connectivity index (χ3v) is 4.70. The molecule has 0 saturated carbocycles. The molecular weight excluding hydrogens is 338 g/mol. The van der Waals surface area contributed by atoms with Crippen molar-refractivity contribution in [2.45, 2.75) is 15.8 Å². The van der Waals surface area contributed by atoms with E-state index in [2.05, 4.69) is 9.97 Å². The molecule has 0 aliphatic heterocycles. The zero-order valence-corrected chi connectivity index (χ0v) is 13.5. The first-order valence-electron chi connectivity index (χ1n) is 6.77. The molecule has 0 amide bonds. The van der Waals surface area contributed by atoms with Gasteiger partial charge in [0.05, 0.1) is 16.8 Å². The monoisotopic (exact) mass is 350 g/mol. The highest BCUT2D eigenvalue weighted by Crippen LogP contribution is 2.26. The number of nitrogens with zero attached hydrogens (tertiary/aromatic N) is 1. The molecule has 0 aliphatic rings. The molecule has 2 aromatic carbocycles. The average molecular weight is 350 g/mol. The molecule has 0 spiro atoms. The summed E-state index contributed by atoms with van der Waals surface area (Å²) in [6.45, 7) is 0. The number of aromatic amines is 1. The van der Waals surface area contributed by atoms with E-state index >= 15 is 0 Å². The number of aromatic nitrogens is 2. The molecule has 3 nitrogen and oxygen atoms in total. The lowest BCUT2D eigenvalue weighted by molar-refractivity contribution is 0.102. The Labute approximate surface area is 139 Å². The Hall–Kier alpha value is -1.86. The van der Waals surface area contributed by atoms with Gasteiger partial charge in [0.1, 0.15) is 0 Å². The number of ketones is 1. The molecule has 7 heteroatoms. The summed E-state index contributed by atoms with van der Waals surface area (Å²) >= 11 is 1.79. The van der Waals surface area contributed by atoms with E-state index in [9.17, 15) is 13.6 Å². The van der Waals surface area contributed by atoms with E-state index in [1.54, 1.807) is 12.1 Å². The summed E-state index contributed by atoms with van der Waals surface area (Å²) in [4.78, 5) is 20.1. The molecule has 118 valence electrons. The molecule has 0 bridgehead atoms. The van der Waals surface area contributed by atoms with Gasteiger partial charge in [-0.1, -0.05) is 47.8 Å². The second-order valence-corrected chi connectivity index (χ2v) is 6.70. The number of carbonyl (C=O) groups excluding carboxylic acids is 1. The number of hydrogen-bond donors (Lipinski definition) is 1. The van der Waals surface area contributed by atoms with Crippen molar-refractivity contribution in [3.8, 4) is 0 Å². The number of halogens is 2. The van der Waals surface area contributed by atoms with Crippen LogP contribution in [0.2, 0.25) is 0 Å². The van der Waals surface area contributed by atoms with Crippen LogP contribution < -0.4 is 0 Å². The van der Waals surface area contributed by atoms with Crippen LogP contribution in [0.15, 0.2) is 58.6 Å². The predicted molar refractivity (Wildman–Crippen MR) is 89.5 cm³/mol. The van der Waals surface area contributed by atoms with Gasteiger partial charge in [0.15, 0.2) is 10.9 Å². The molecular formula is C16H12F2N2OS2. The number of H-pyrrole nitrogens is 1. The van der Waals surface area contributed by atoms with Gasteiger partial charge in [-0.05, 0) is 24.3 Å². The lowest BCUT2D eigenvalue weighted by Crippen LogP contribution is -2.02. The Bertz CT molecular complexity index is 785. The van der Waals surface area contributed by atoms with Crippen molar-refractivity contribution in [1.82, 2.24) is 9.97 Å². The summed E-state index contributed by atoms with van der Waals surface area (Å²) in [6, 6.07) is 13.9. The Kier molecular flexibility index (Phi) is 4.97. The second kappa shape index (κ2) is 7.14. The van der Waals surface area contributed by atoms with Crippen LogP contribution in [-0.2, 0) is 0 Å². The molecule has 0 unspecified atom stereocenters. The van der Waals surface area contributed by atoms with Crippen LogP contribution in [0.5, 0.6) is 0 Å². The Balaban J connectivity index is 1.62. The average Bonchev–Trinajstić information content (AvgIpc) is 2.95. The Morgan fingerprint density at radius 3 is 2.57 bits per heavy atom. The summed E-state index contributed by atoms with van der Waals surface area (Å²) in [5.41, 5.74) is 2.29. The van der Waals surface area contributed by atoms with E-state index in [-0.39, 0.29) is 11.5 Å². The zero-order valence-electron chi connectivity index (χ0n) is 11.8. The van der Waals surface area contributed by atoms with Gasteiger partial charge in [-0.2, -0.15) is 8.78 Å². The molecule has 0 saturated heterocycles. The fraction of sp³-hybridized carbons (Fsp3) is 0.125. The zero-order chi connectivity index (χ0) is 16.2. The van der Waals surface area contributed by atoms with Crippen molar-refractivity contribution in [2.75, 3.05) is 5.75 Å². The molecule has 1 N–H and O–H groups in total. The number of thioether (sulfide) groups is 2. The van der Waals surface area contributed by atoms with Gasteiger partial charge in [-0.15, -0.1) is 0 Å². The highest BCUT2D eigenvalue weighted by atomic mass is 32.2. The van der Waals surface area contributed by atoms with Crippen LogP contribution in [0.4, 0.5) is 8.78 Å². The highest BCUT2D eigenvalue weighted by Gasteiger charge is 2.10. The lowest BCUT2D eigenvalue weighted by atomic mass is 10.1. The number of hydrogen-bond acceptors (Lipinski definition) is 4. The maximum Gasteiger partial charge on any atom is 0.288 e. The second-order valence-electron chi connectivity index (χ2n) is 4.67. The lowest BCUT2D eigenvalue weighted by Gasteiger charge is -2.02. The minimum atomic E-state index is -2.46. The number of carbonyl (C=O) groups is 1. The van der Waals surface area contributed by atoms with Crippen molar-refractivity contribution in [1.29, 1.82) is 0 Å². The van der Waals surface area contributed by atoms with E-state index in [0.29, 0.717) is 27.4 Å². The van der Waals surface area contributed by atoms with Gasteiger partial charge in [-0.25, -0.2) is 4.98 Å². The predicted octanol–water partition coefficient (Wildman–Crippen LogP) is 4.85. The van der Waals surface area contributed by atoms with E-state index < -0.39 is 5.76 Å². The van der Waals surface area contributed by atoms with Gasteiger partial charge < -0.3 is 4.98 Å². The molecule has 0 radical (unpaired) electrons. The third kappa shape index (κ3) is 4.11. The van der Waals surface area contributed by atoms with Crippen LogP contribution in [0.1, 0.15) is 10.4 Å². The van der Waals surface area contributed by atoms with Gasteiger partial charge in [-0.3, -0.25) is 4.79 Å². The maximum atomic E-state index is 12.3. The summed E-state index contributed by atoms with van der Waals surface area (Å²) in [7, 11) is 0. The summed E-state index contributed by atoms with van der Waals surface area (Å²) in [6.07, 6.45) is 0. The van der Waals surface area contributed by atoms with E-state index in [1.807, 2.05) is 24.3 Å². The first-order valence-corrected chi connectivity index (χ1v) is 8.64. The van der Waals surface area contributed by atoms with Crippen LogP contribution in [0, 0.1) is 0 Å². The first-order chi connectivity index (χ1) is 11.1. The van der Waals surface area contributed by atoms with Crippen LogP contribution in [-0.4, -0.2) is 27.3 Å². The minimum absolute atomic E-state index is 0.0657. The maximum absolute atomic E-state index is 12.3. The standard InChI is InChI=1S/C16H12F2N2OS2/c17-15(18)23-11-7-5-10(6-8-11)14(21)9-22-16-19-12-3-1-2-4-13(12)20-16/h1-8,15H,9H2,(H,19,20). The van der Waals surface area contributed by atoms with Crippen LogP contribution in [0.25, 0.3) is 11.0 Å². The molecule has 3 aromatic rings.